The maximum Gasteiger partial charge on any atom is 0.323 e. The van der Waals surface area contributed by atoms with Gasteiger partial charge in [-0.15, -0.1) is 0 Å². The SMILES string of the molecule is CCOC(=O)C(CC)(CC1CCCC1)C(=O)O. The minimum Gasteiger partial charge on any atom is -0.480 e. The van der Waals surface area contributed by atoms with E-state index in [-0.39, 0.29) is 6.61 Å². The van der Waals surface area contributed by atoms with Crippen molar-refractivity contribution in [3.63, 3.8) is 0 Å². The summed E-state index contributed by atoms with van der Waals surface area (Å²) < 4.78 is 4.95. The molecule has 1 rings (SSSR count). The Bertz CT molecular complexity index is 281. The number of esters is 1. The molecule has 0 radical (unpaired) electrons. The number of carbonyl (C=O) groups excluding carboxylic acids is 1. The van der Waals surface area contributed by atoms with Crippen LogP contribution in [0.25, 0.3) is 0 Å². The van der Waals surface area contributed by atoms with Gasteiger partial charge in [-0.25, -0.2) is 0 Å². The van der Waals surface area contributed by atoms with Gasteiger partial charge in [0.05, 0.1) is 6.61 Å². The van der Waals surface area contributed by atoms with Gasteiger partial charge in [0.1, 0.15) is 0 Å². The molecule has 1 saturated carbocycles. The molecule has 0 spiro atoms. The second kappa shape index (κ2) is 6.03. The van der Waals surface area contributed by atoms with Gasteiger partial charge in [0, 0.05) is 0 Å². The van der Waals surface area contributed by atoms with E-state index in [0.29, 0.717) is 18.8 Å². The fraction of sp³-hybridized carbons (Fsp3) is 0.846. The van der Waals surface area contributed by atoms with Crippen LogP contribution in [-0.4, -0.2) is 23.7 Å². The zero-order valence-electron chi connectivity index (χ0n) is 10.7. The van der Waals surface area contributed by atoms with E-state index in [9.17, 15) is 14.7 Å². The summed E-state index contributed by atoms with van der Waals surface area (Å²) in [6, 6.07) is 0. The van der Waals surface area contributed by atoms with Crippen LogP contribution in [0.2, 0.25) is 0 Å². The lowest BCUT2D eigenvalue weighted by Gasteiger charge is -2.28. The molecule has 1 atom stereocenters. The van der Waals surface area contributed by atoms with Crippen molar-refractivity contribution >= 4 is 11.9 Å². The number of rotatable bonds is 6. The summed E-state index contributed by atoms with van der Waals surface area (Å²) >= 11 is 0. The second-order valence-electron chi connectivity index (χ2n) is 4.82. The second-order valence-corrected chi connectivity index (χ2v) is 4.82. The summed E-state index contributed by atoms with van der Waals surface area (Å²) in [6.07, 6.45) is 5.10. The lowest BCUT2D eigenvalue weighted by Crippen LogP contribution is -2.41. The number of carbonyl (C=O) groups is 2. The molecule has 1 fully saturated rings. The molecular formula is C13H22O4. The molecule has 1 unspecified atom stereocenters. The lowest BCUT2D eigenvalue weighted by atomic mass is 9.76. The Morgan fingerprint density at radius 3 is 2.29 bits per heavy atom. The highest BCUT2D eigenvalue weighted by atomic mass is 16.5. The summed E-state index contributed by atoms with van der Waals surface area (Å²) in [6.45, 7) is 3.69. The number of aliphatic carboxylic acids is 1. The largest absolute Gasteiger partial charge is 0.480 e. The van der Waals surface area contributed by atoms with Gasteiger partial charge in [0.15, 0.2) is 5.41 Å². The molecule has 1 N–H and O–H groups in total. The van der Waals surface area contributed by atoms with Crippen molar-refractivity contribution in [1.29, 1.82) is 0 Å². The van der Waals surface area contributed by atoms with Gasteiger partial charge < -0.3 is 9.84 Å². The van der Waals surface area contributed by atoms with Gasteiger partial charge in [-0.2, -0.15) is 0 Å². The van der Waals surface area contributed by atoms with E-state index >= 15 is 0 Å². The average Bonchev–Trinajstić information content (AvgIpc) is 2.78. The molecule has 17 heavy (non-hydrogen) atoms. The Labute approximate surface area is 102 Å². The average molecular weight is 242 g/mol. The van der Waals surface area contributed by atoms with Crippen LogP contribution in [0, 0.1) is 11.3 Å². The van der Waals surface area contributed by atoms with Crippen LogP contribution in [0.1, 0.15) is 52.4 Å². The smallest absolute Gasteiger partial charge is 0.323 e. The summed E-state index contributed by atoms with van der Waals surface area (Å²) in [4.78, 5) is 23.4. The Morgan fingerprint density at radius 1 is 1.29 bits per heavy atom. The molecule has 4 nitrogen and oxygen atoms in total. The topological polar surface area (TPSA) is 63.6 Å². The highest BCUT2D eigenvalue weighted by molar-refractivity contribution is 5.99. The van der Waals surface area contributed by atoms with E-state index in [1.165, 1.54) is 0 Å². The number of carboxylic acids is 1. The molecule has 0 heterocycles. The first-order valence-corrected chi connectivity index (χ1v) is 6.47. The standard InChI is InChI=1S/C13H22O4/c1-3-13(11(14)15,12(16)17-4-2)9-10-7-5-6-8-10/h10H,3-9H2,1-2H3,(H,14,15). The van der Waals surface area contributed by atoms with E-state index in [1.807, 2.05) is 0 Å². The monoisotopic (exact) mass is 242 g/mol. The molecule has 0 aromatic heterocycles. The molecule has 0 bridgehead atoms. The van der Waals surface area contributed by atoms with Crippen LogP contribution in [0.15, 0.2) is 0 Å². The van der Waals surface area contributed by atoms with Gasteiger partial charge in [-0.05, 0) is 25.7 Å². The van der Waals surface area contributed by atoms with Gasteiger partial charge in [-0.1, -0.05) is 32.6 Å². The summed E-state index contributed by atoms with van der Waals surface area (Å²) in [5.41, 5.74) is -1.33. The first kappa shape index (κ1) is 14.0. The van der Waals surface area contributed by atoms with Crippen LogP contribution >= 0.6 is 0 Å². The number of hydrogen-bond acceptors (Lipinski definition) is 3. The van der Waals surface area contributed by atoms with Crippen molar-refractivity contribution in [2.24, 2.45) is 11.3 Å². The quantitative estimate of drug-likeness (QED) is 0.574. The third kappa shape index (κ3) is 2.99. The van der Waals surface area contributed by atoms with E-state index in [2.05, 4.69) is 0 Å². The summed E-state index contributed by atoms with van der Waals surface area (Å²) in [5.74, 6) is -1.25. The number of ether oxygens (including phenoxy) is 1. The minimum atomic E-state index is -1.33. The van der Waals surface area contributed by atoms with Crippen molar-refractivity contribution in [3.05, 3.63) is 0 Å². The molecule has 1 aliphatic rings. The predicted octanol–water partition coefficient (Wildman–Crippen LogP) is 2.61. The van der Waals surface area contributed by atoms with Crippen molar-refractivity contribution < 1.29 is 19.4 Å². The third-order valence-electron chi connectivity index (χ3n) is 3.79. The maximum atomic E-state index is 11.9. The first-order chi connectivity index (χ1) is 8.06. The Kier molecular flexibility index (Phi) is 4.97. The highest BCUT2D eigenvalue weighted by Gasteiger charge is 2.47. The Balaban J connectivity index is 2.82. The predicted molar refractivity (Wildman–Crippen MR) is 63.6 cm³/mol. The maximum absolute atomic E-state index is 11.9. The Hall–Kier alpha value is -1.06. The third-order valence-corrected chi connectivity index (χ3v) is 3.79. The van der Waals surface area contributed by atoms with Crippen LogP contribution in [0.4, 0.5) is 0 Å². The fourth-order valence-corrected chi connectivity index (χ4v) is 2.67. The molecule has 0 saturated heterocycles. The molecule has 0 aromatic rings. The van der Waals surface area contributed by atoms with Crippen LogP contribution in [0.3, 0.4) is 0 Å². The molecule has 98 valence electrons. The van der Waals surface area contributed by atoms with Crippen molar-refractivity contribution in [1.82, 2.24) is 0 Å². The van der Waals surface area contributed by atoms with Gasteiger partial charge >= 0.3 is 11.9 Å². The molecule has 0 amide bonds. The summed E-state index contributed by atoms with van der Waals surface area (Å²) in [5, 5.41) is 9.38. The van der Waals surface area contributed by atoms with E-state index in [4.69, 9.17) is 4.74 Å². The van der Waals surface area contributed by atoms with Crippen molar-refractivity contribution in [2.45, 2.75) is 52.4 Å². The zero-order valence-corrected chi connectivity index (χ0v) is 10.7. The van der Waals surface area contributed by atoms with E-state index in [0.717, 1.165) is 25.7 Å². The zero-order chi connectivity index (χ0) is 12.9. The highest BCUT2D eigenvalue weighted by Crippen LogP contribution is 2.39. The Morgan fingerprint density at radius 2 is 1.88 bits per heavy atom. The molecule has 0 aromatic carbocycles. The van der Waals surface area contributed by atoms with Gasteiger partial charge in [0.25, 0.3) is 0 Å². The van der Waals surface area contributed by atoms with Crippen molar-refractivity contribution in [2.75, 3.05) is 6.61 Å². The van der Waals surface area contributed by atoms with E-state index < -0.39 is 17.4 Å². The normalized spacial score (nSPS) is 19.9. The van der Waals surface area contributed by atoms with Crippen molar-refractivity contribution in [3.8, 4) is 0 Å². The lowest BCUT2D eigenvalue weighted by molar-refractivity contribution is -0.170. The molecule has 0 aliphatic heterocycles. The van der Waals surface area contributed by atoms with Crippen LogP contribution in [-0.2, 0) is 14.3 Å². The van der Waals surface area contributed by atoms with E-state index in [1.54, 1.807) is 13.8 Å². The number of carboxylic acid groups (broad SMARTS) is 1. The van der Waals surface area contributed by atoms with Gasteiger partial charge in [-0.3, -0.25) is 9.59 Å². The molecule has 4 heteroatoms. The fourth-order valence-electron chi connectivity index (χ4n) is 2.67. The van der Waals surface area contributed by atoms with Crippen LogP contribution < -0.4 is 0 Å². The molecule has 1 aliphatic carbocycles. The summed E-state index contributed by atoms with van der Waals surface area (Å²) in [7, 11) is 0. The minimum absolute atomic E-state index is 0.235. The number of hydrogen-bond donors (Lipinski definition) is 1. The van der Waals surface area contributed by atoms with Gasteiger partial charge in [0.2, 0.25) is 0 Å². The van der Waals surface area contributed by atoms with Crippen LogP contribution in [0.5, 0.6) is 0 Å². The molecular weight excluding hydrogens is 220 g/mol. The first-order valence-electron chi connectivity index (χ1n) is 6.47.